The maximum Gasteiger partial charge on any atom is 0.139 e. The average molecular weight is 324 g/mol. The molecular formula is C17H19Cl2NO. The molecule has 0 saturated carbocycles. The van der Waals surface area contributed by atoms with E-state index in [2.05, 4.69) is 24.4 Å². The normalized spacial score (nSPS) is 12.2. The average Bonchev–Trinajstić information content (AvgIpc) is 2.50. The van der Waals surface area contributed by atoms with Crippen LogP contribution in [0.1, 0.15) is 25.5 Å². The molecule has 1 unspecified atom stereocenters. The molecule has 0 radical (unpaired) electrons. The van der Waals surface area contributed by atoms with Gasteiger partial charge in [0.15, 0.2) is 0 Å². The van der Waals surface area contributed by atoms with Gasteiger partial charge in [0.25, 0.3) is 0 Å². The van der Waals surface area contributed by atoms with E-state index in [0.717, 1.165) is 11.1 Å². The summed E-state index contributed by atoms with van der Waals surface area (Å²) in [6.45, 7) is 4.59. The fourth-order valence-corrected chi connectivity index (χ4v) is 2.75. The standard InChI is InChI=1S/C17H19Cl2NO/c1-4-21-17-10-15(18)14(9-16(17)19)13-8-6-5-7-12(13)11(2)20-3/h5-11,20H,4H2,1-3H3. The van der Waals surface area contributed by atoms with Crippen molar-refractivity contribution in [1.29, 1.82) is 0 Å². The summed E-state index contributed by atoms with van der Waals surface area (Å²) in [6.07, 6.45) is 0. The number of nitrogens with one attached hydrogen (secondary N) is 1. The SMILES string of the molecule is CCOc1cc(Cl)c(-c2ccccc2C(C)NC)cc1Cl. The molecule has 0 fully saturated rings. The van der Waals surface area contributed by atoms with Crippen molar-refractivity contribution in [2.75, 3.05) is 13.7 Å². The van der Waals surface area contributed by atoms with E-state index in [1.165, 1.54) is 5.56 Å². The molecule has 0 bridgehead atoms. The predicted octanol–water partition coefficient (Wildman–Crippen LogP) is 5.34. The zero-order chi connectivity index (χ0) is 15.4. The molecule has 2 rings (SSSR count). The van der Waals surface area contributed by atoms with Crippen molar-refractivity contribution in [3.05, 3.63) is 52.0 Å². The maximum absolute atomic E-state index is 6.43. The van der Waals surface area contributed by atoms with Gasteiger partial charge in [0.05, 0.1) is 16.7 Å². The Labute approximate surface area is 136 Å². The van der Waals surface area contributed by atoms with Gasteiger partial charge in [-0.15, -0.1) is 0 Å². The molecule has 0 aliphatic rings. The van der Waals surface area contributed by atoms with Gasteiger partial charge >= 0.3 is 0 Å². The third-order valence-electron chi connectivity index (χ3n) is 3.47. The molecule has 0 aliphatic heterocycles. The molecule has 0 amide bonds. The molecule has 2 aromatic carbocycles. The molecule has 0 spiro atoms. The quantitative estimate of drug-likeness (QED) is 0.801. The highest BCUT2D eigenvalue weighted by Crippen LogP contribution is 2.39. The zero-order valence-electron chi connectivity index (χ0n) is 12.4. The number of hydrogen-bond donors (Lipinski definition) is 1. The molecule has 21 heavy (non-hydrogen) atoms. The summed E-state index contributed by atoms with van der Waals surface area (Å²) in [5, 5.41) is 4.47. The molecular weight excluding hydrogens is 305 g/mol. The van der Waals surface area contributed by atoms with Gasteiger partial charge in [0.1, 0.15) is 5.75 Å². The fraction of sp³-hybridized carbons (Fsp3) is 0.294. The Morgan fingerprint density at radius 3 is 2.48 bits per heavy atom. The van der Waals surface area contributed by atoms with Crippen LogP contribution in [0.15, 0.2) is 36.4 Å². The van der Waals surface area contributed by atoms with Crippen LogP contribution in [-0.2, 0) is 0 Å². The Balaban J connectivity index is 2.55. The van der Waals surface area contributed by atoms with Crippen molar-refractivity contribution < 1.29 is 4.74 Å². The summed E-state index contributed by atoms with van der Waals surface area (Å²) >= 11 is 12.7. The van der Waals surface area contributed by atoms with Gasteiger partial charge in [-0.1, -0.05) is 47.5 Å². The van der Waals surface area contributed by atoms with E-state index in [1.807, 2.05) is 32.2 Å². The van der Waals surface area contributed by atoms with Crippen molar-refractivity contribution in [3.63, 3.8) is 0 Å². The van der Waals surface area contributed by atoms with Gasteiger partial charge in [0.2, 0.25) is 0 Å². The van der Waals surface area contributed by atoms with Crippen LogP contribution in [0, 0.1) is 0 Å². The second kappa shape index (κ2) is 7.17. The number of halogens is 2. The largest absolute Gasteiger partial charge is 0.492 e. The summed E-state index contributed by atoms with van der Waals surface area (Å²) in [7, 11) is 1.94. The molecule has 0 heterocycles. The van der Waals surface area contributed by atoms with Crippen LogP contribution in [0.5, 0.6) is 5.75 Å². The molecule has 2 nitrogen and oxygen atoms in total. The maximum atomic E-state index is 6.43. The topological polar surface area (TPSA) is 21.3 Å². The van der Waals surface area contributed by atoms with Crippen LogP contribution < -0.4 is 10.1 Å². The van der Waals surface area contributed by atoms with Gasteiger partial charge in [0, 0.05) is 17.7 Å². The lowest BCUT2D eigenvalue weighted by Gasteiger charge is -2.18. The summed E-state index contributed by atoms with van der Waals surface area (Å²) in [6, 6.07) is 12.1. The fourth-order valence-electron chi connectivity index (χ4n) is 2.28. The number of benzene rings is 2. The first kappa shape index (κ1) is 16.2. The van der Waals surface area contributed by atoms with Crippen LogP contribution in [-0.4, -0.2) is 13.7 Å². The molecule has 0 aromatic heterocycles. The summed E-state index contributed by atoms with van der Waals surface area (Å²) in [5.41, 5.74) is 3.18. The van der Waals surface area contributed by atoms with E-state index in [-0.39, 0.29) is 6.04 Å². The summed E-state index contributed by atoms with van der Waals surface area (Å²) < 4.78 is 5.48. The smallest absolute Gasteiger partial charge is 0.139 e. The van der Waals surface area contributed by atoms with Gasteiger partial charge < -0.3 is 10.1 Å². The zero-order valence-corrected chi connectivity index (χ0v) is 13.9. The molecule has 2 aromatic rings. The Kier molecular flexibility index (Phi) is 5.51. The first-order valence-corrected chi connectivity index (χ1v) is 7.72. The van der Waals surface area contributed by atoms with E-state index < -0.39 is 0 Å². The van der Waals surface area contributed by atoms with Crippen LogP contribution in [0.4, 0.5) is 0 Å². The Morgan fingerprint density at radius 1 is 1.10 bits per heavy atom. The molecule has 4 heteroatoms. The minimum Gasteiger partial charge on any atom is -0.492 e. The highest BCUT2D eigenvalue weighted by molar-refractivity contribution is 6.36. The predicted molar refractivity (Wildman–Crippen MR) is 90.5 cm³/mol. The highest BCUT2D eigenvalue weighted by atomic mass is 35.5. The number of rotatable bonds is 5. The van der Waals surface area contributed by atoms with E-state index in [0.29, 0.717) is 22.4 Å². The van der Waals surface area contributed by atoms with Gasteiger partial charge in [-0.3, -0.25) is 0 Å². The van der Waals surface area contributed by atoms with E-state index in [1.54, 1.807) is 6.07 Å². The lowest BCUT2D eigenvalue weighted by molar-refractivity contribution is 0.340. The number of hydrogen-bond acceptors (Lipinski definition) is 2. The first-order chi connectivity index (χ1) is 10.1. The van der Waals surface area contributed by atoms with Crippen molar-refractivity contribution in [3.8, 4) is 16.9 Å². The molecule has 112 valence electrons. The monoisotopic (exact) mass is 323 g/mol. The Morgan fingerprint density at radius 2 is 1.81 bits per heavy atom. The molecule has 0 saturated heterocycles. The van der Waals surface area contributed by atoms with Gasteiger partial charge in [-0.05, 0) is 38.1 Å². The van der Waals surface area contributed by atoms with Crippen molar-refractivity contribution in [2.24, 2.45) is 0 Å². The van der Waals surface area contributed by atoms with Crippen LogP contribution in [0.25, 0.3) is 11.1 Å². The summed E-state index contributed by atoms with van der Waals surface area (Å²) in [5.74, 6) is 0.618. The lowest BCUT2D eigenvalue weighted by atomic mass is 9.95. The second-order valence-corrected chi connectivity index (χ2v) is 5.61. The first-order valence-electron chi connectivity index (χ1n) is 6.96. The van der Waals surface area contributed by atoms with Gasteiger partial charge in [-0.25, -0.2) is 0 Å². The summed E-state index contributed by atoms with van der Waals surface area (Å²) in [4.78, 5) is 0. The highest BCUT2D eigenvalue weighted by Gasteiger charge is 2.15. The molecule has 1 atom stereocenters. The van der Waals surface area contributed by atoms with Crippen LogP contribution in [0.3, 0.4) is 0 Å². The minimum absolute atomic E-state index is 0.225. The van der Waals surface area contributed by atoms with Crippen molar-refractivity contribution in [2.45, 2.75) is 19.9 Å². The number of ether oxygens (including phenoxy) is 1. The second-order valence-electron chi connectivity index (χ2n) is 4.79. The third kappa shape index (κ3) is 3.52. The van der Waals surface area contributed by atoms with E-state index in [4.69, 9.17) is 27.9 Å². The van der Waals surface area contributed by atoms with E-state index in [9.17, 15) is 0 Å². The third-order valence-corrected chi connectivity index (χ3v) is 4.08. The van der Waals surface area contributed by atoms with Crippen molar-refractivity contribution in [1.82, 2.24) is 5.32 Å². The lowest BCUT2D eigenvalue weighted by Crippen LogP contribution is -2.13. The van der Waals surface area contributed by atoms with Crippen molar-refractivity contribution >= 4 is 23.2 Å². The minimum atomic E-state index is 0.225. The molecule has 1 N–H and O–H groups in total. The molecule has 0 aliphatic carbocycles. The van der Waals surface area contributed by atoms with Crippen LogP contribution >= 0.6 is 23.2 Å². The Bertz CT molecular complexity index is 628. The van der Waals surface area contributed by atoms with Crippen LogP contribution in [0.2, 0.25) is 10.0 Å². The van der Waals surface area contributed by atoms with Gasteiger partial charge in [-0.2, -0.15) is 0 Å². The Hall–Kier alpha value is -1.22. The van der Waals surface area contributed by atoms with E-state index >= 15 is 0 Å².